The average Bonchev–Trinajstić information content (AvgIpc) is 2.38. The van der Waals surface area contributed by atoms with Gasteiger partial charge in [0.25, 0.3) is 0 Å². The van der Waals surface area contributed by atoms with Crippen LogP contribution in [-0.2, 0) is 9.53 Å². The molecular weight excluding hydrogens is 249 g/mol. The standard InChI is InChI=1S/C14H18FNO3/c1-10(12-4-2-3-5-13(12)15)16-6-7-19-9-11(16)8-14(17)18/h2-5,10-11H,6-9H2,1H3,(H,17,18). The zero-order valence-electron chi connectivity index (χ0n) is 10.9. The first kappa shape index (κ1) is 14.0. The zero-order chi connectivity index (χ0) is 13.8. The summed E-state index contributed by atoms with van der Waals surface area (Å²) in [6.45, 7) is 3.45. The number of carboxylic acid groups (broad SMARTS) is 1. The Morgan fingerprint density at radius 3 is 3.00 bits per heavy atom. The number of hydrogen-bond acceptors (Lipinski definition) is 3. The van der Waals surface area contributed by atoms with Gasteiger partial charge in [0.05, 0.1) is 19.6 Å². The Morgan fingerprint density at radius 1 is 1.58 bits per heavy atom. The molecule has 4 nitrogen and oxygen atoms in total. The summed E-state index contributed by atoms with van der Waals surface area (Å²) in [5.74, 6) is -1.11. The Kier molecular flexibility index (Phi) is 4.50. The van der Waals surface area contributed by atoms with Gasteiger partial charge in [-0.25, -0.2) is 4.39 Å². The number of carbonyl (C=O) groups is 1. The van der Waals surface area contributed by atoms with Crippen molar-refractivity contribution in [2.75, 3.05) is 19.8 Å². The number of halogens is 1. The third kappa shape index (κ3) is 3.30. The molecule has 2 unspecified atom stereocenters. The van der Waals surface area contributed by atoms with Crippen molar-refractivity contribution in [3.63, 3.8) is 0 Å². The molecule has 1 heterocycles. The first-order valence-corrected chi connectivity index (χ1v) is 6.39. The predicted molar refractivity (Wildman–Crippen MR) is 68.4 cm³/mol. The molecule has 0 saturated carbocycles. The van der Waals surface area contributed by atoms with E-state index in [0.29, 0.717) is 25.3 Å². The molecule has 2 rings (SSSR count). The van der Waals surface area contributed by atoms with Gasteiger partial charge in [-0.3, -0.25) is 9.69 Å². The van der Waals surface area contributed by atoms with E-state index in [1.165, 1.54) is 6.07 Å². The number of ether oxygens (including phenoxy) is 1. The maximum absolute atomic E-state index is 13.8. The molecule has 1 fully saturated rings. The van der Waals surface area contributed by atoms with Crippen LogP contribution in [0.2, 0.25) is 0 Å². The molecular formula is C14H18FNO3. The van der Waals surface area contributed by atoms with Crippen molar-refractivity contribution >= 4 is 5.97 Å². The van der Waals surface area contributed by atoms with Gasteiger partial charge in [-0.05, 0) is 13.0 Å². The number of nitrogens with zero attached hydrogens (tertiary/aromatic N) is 1. The van der Waals surface area contributed by atoms with E-state index in [2.05, 4.69) is 0 Å². The van der Waals surface area contributed by atoms with E-state index in [9.17, 15) is 9.18 Å². The van der Waals surface area contributed by atoms with Crippen molar-refractivity contribution in [2.45, 2.75) is 25.4 Å². The van der Waals surface area contributed by atoms with Gasteiger partial charge in [0.15, 0.2) is 0 Å². The summed E-state index contributed by atoms with van der Waals surface area (Å²) in [7, 11) is 0. The molecule has 2 atom stereocenters. The van der Waals surface area contributed by atoms with Crippen molar-refractivity contribution in [3.8, 4) is 0 Å². The van der Waals surface area contributed by atoms with Crippen LogP contribution in [0, 0.1) is 5.82 Å². The van der Waals surface area contributed by atoms with Crippen LogP contribution in [0.5, 0.6) is 0 Å². The highest BCUT2D eigenvalue weighted by Gasteiger charge is 2.30. The van der Waals surface area contributed by atoms with E-state index in [1.54, 1.807) is 18.2 Å². The molecule has 0 bridgehead atoms. The molecule has 104 valence electrons. The lowest BCUT2D eigenvalue weighted by Gasteiger charge is -2.39. The Morgan fingerprint density at radius 2 is 2.32 bits per heavy atom. The van der Waals surface area contributed by atoms with Crippen LogP contribution in [0.1, 0.15) is 24.9 Å². The van der Waals surface area contributed by atoms with Crippen LogP contribution >= 0.6 is 0 Å². The van der Waals surface area contributed by atoms with Gasteiger partial charge >= 0.3 is 5.97 Å². The number of morpholine rings is 1. The first-order chi connectivity index (χ1) is 9.09. The maximum Gasteiger partial charge on any atom is 0.305 e. The van der Waals surface area contributed by atoms with Crippen LogP contribution in [0.15, 0.2) is 24.3 Å². The van der Waals surface area contributed by atoms with Gasteiger partial charge in [0, 0.05) is 24.2 Å². The molecule has 0 aliphatic carbocycles. The minimum Gasteiger partial charge on any atom is -0.481 e. The molecule has 0 aromatic heterocycles. The van der Waals surface area contributed by atoms with Crippen molar-refractivity contribution in [2.24, 2.45) is 0 Å². The summed E-state index contributed by atoms with van der Waals surface area (Å²) in [6.07, 6.45) is 0.0127. The summed E-state index contributed by atoms with van der Waals surface area (Å²) in [5, 5.41) is 8.93. The van der Waals surface area contributed by atoms with Crippen molar-refractivity contribution in [3.05, 3.63) is 35.6 Å². The molecule has 0 radical (unpaired) electrons. The molecule has 1 N–H and O–H groups in total. The second-order valence-electron chi connectivity index (χ2n) is 4.76. The molecule has 1 aliphatic rings. The summed E-state index contributed by atoms with van der Waals surface area (Å²) in [5.41, 5.74) is 0.597. The fraction of sp³-hybridized carbons (Fsp3) is 0.500. The van der Waals surface area contributed by atoms with Crippen molar-refractivity contribution in [1.29, 1.82) is 0 Å². The Labute approximate surface area is 111 Å². The highest BCUT2D eigenvalue weighted by molar-refractivity contribution is 5.67. The smallest absolute Gasteiger partial charge is 0.305 e. The van der Waals surface area contributed by atoms with Crippen LogP contribution in [0.4, 0.5) is 4.39 Å². The number of benzene rings is 1. The number of hydrogen-bond donors (Lipinski definition) is 1. The Hall–Kier alpha value is -1.46. The molecule has 1 saturated heterocycles. The summed E-state index contributed by atoms with van der Waals surface area (Å²) >= 11 is 0. The zero-order valence-corrected chi connectivity index (χ0v) is 10.9. The number of carboxylic acids is 1. The second kappa shape index (κ2) is 6.12. The van der Waals surface area contributed by atoms with E-state index in [-0.39, 0.29) is 24.3 Å². The van der Waals surface area contributed by atoms with Gasteiger partial charge < -0.3 is 9.84 Å². The lowest BCUT2D eigenvalue weighted by atomic mass is 10.0. The molecule has 1 aliphatic heterocycles. The van der Waals surface area contributed by atoms with Crippen LogP contribution in [0.3, 0.4) is 0 Å². The normalized spacial score (nSPS) is 22.1. The maximum atomic E-state index is 13.8. The van der Waals surface area contributed by atoms with Gasteiger partial charge in [-0.15, -0.1) is 0 Å². The molecule has 1 aromatic rings. The minimum atomic E-state index is -0.860. The van der Waals surface area contributed by atoms with E-state index in [1.807, 2.05) is 11.8 Å². The SMILES string of the molecule is CC(c1ccccc1F)N1CCOCC1CC(=O)O. The third-order valence-corrected chi connectivity index (χ3v) is 3.54. The molecule has 0 amide bonds. The largest absolute Gasteiger partial charge is 0.481 e. The lowest BCUT2D eigenvalue weighted by molar-refractivity contribution is -0.140. The van der Waals surface area contributed by atoms with Crippen LogP contribution in [-0.4, -0.2) is 41.8 Å². The van der Waals surface area contributed by atoms with Gasteiger partial charge in [-0.2, -0.15) is 0 Å². The monoisotopic (exact) mass is 267 g/mol. The number of aliphatic carboxylic acids is 1. The first-order valence-electron chi connectivity index (χ1n) is 6.39. The molecule has 19 heavy (non-hydrogen) atoms. The fourth-order valence-electron chi connectivity index (χ4n) is 2.55. The quantitative estimate of drug-likeness (QED) is 0.907. The lowest BCUT2D eigenvalue weighted by Crippen LogP contribution is -2.47. The van der Waals surface area contributed by atoms with Crippen LogP contribution < -0.4 is 0 Å². The van der Waals surface area contributed by atoms with Crippen LogP contribution in [0.25, 0.3) is 0 Å². The molecule has 0 spiro atoms. The Balaban J connectivity index is 2.17. The van der Waals surface area contributed by atoms with E-state index < -0.39 is 5.97 Å². The van der Waals surface area contributed by atoms with E-state index in [4.69, 9.17) is 9.84 Å². The van der Waals surface area contributed by atoms with E-state index in [0.717, 1.165) is 0 Å². The number of rotatable bonds is 4. The third-order valence-electron chi connectivity index (χ3n) is 3.54. The fourth-order valence-corrected chi connectivity index (χ4v) is 2.55. The average molecular weight is 267 g/mol. The highest BCUT2D eigenvalue weighted by Crippen LogP contribution is 2.27. The van der Waals surface area contributed by atoms with Gasteiger partial charge in [0.2, 0.25) is 0 Å². The minimum absolute atomic E-state index is 0.0127. The molecule has 1 aromatic carbocycles. The highest BCUT2D eigenvalue weighted by atomic mass is 19.1. The Bertz CT molecular complexity index is 452. The van der Waals surface area contributed by atoms with Gasteiger partial charge in [-0.1, -0.05) is 18.2 Å². The summed E-state index contributed by atoms with van der Waals surface area (Å²) in [4.78, 5) is 12.9. The predicted octanol–water partition coefficient (Wildman–Crippen LogP) is 2.06. The van der Waals surface area contributed by atoms with Gasteiger partial charge in [0.1, 0.15) is 5.82 Å². The summed E-state index contributed by atoms with van der Waals surface area (Å²) in [6, 6.07) is 6.25. The summed E-state index contributed by atoms with van der Waals surface area (Å²) < 4.78 is 19.1. The van der Waals surface area contributed by atoms with E-state index >= 15 is 0 Å². The molecule has 5 heteroatoms. The van der Waals surface area contributed by atoms with Crippen molar-refractivity contribution in [1.82, 2.24) is 4.90 Å². The van der Waals surface area contributed by atoms with Crippen molar-refractivity contribution < 1.29 is 19.0 Å². The topological polar surface area (TPSA) is 49.8 Å². The second-order valence-corrected chi connectivity index (χ2v) is 4.76.